The van der Waals surface area contributed by atoms with Gasteiger partial charge < -0.3 is 9.47 Å². The average Bonchev–Trinajstić information content (AvgIpc) is 2.57. The number of carbonyl (C=O) groups excluding carboxylic acids is 1. The Bertz CT molecular complexity index is 620. The third-order valence-corrected chi connectivity index (χ3v) is 4.52. The number of carbonyl (C=O) groups is 1. The highest BCUT2D eigenvalue weighted by molar-refractivity contribution is 5.97. The standard InChI is InChI=1S/C19H24F4O3/c1-3-25-16-10-9-14(17(18(16)20)19(21,22)23)15(24)6-4-5-13-8-7-12(2)11-26-13/h9-10,12-13H,3-8,11H2,1-2H3. The van der Waals surface area contributed by atoms with E-state index in [1.54, 1.807) is 6.92 Å². The molecule has 1 aromatic carbocycles. The summed E-state index contributed by atoms with van der Waals surface area (Å²) in [6.45, 7) is 4.33. The van der Waals surface area contributed by atoms with Gasteiger partial charge in [-0.3, -0.25) is 4.79 Å². The van der Waals surface area contributed by atoms with Crippen LogP contribution in [0.1, 0.15) is 61.9 Å². The Kier molecular flexibility index (Phi) is 7.03. The number of Topliss-reactive ketones (excluding diaryl/α,β-unsaturated/α-hetero) is 1. The van der Waals surface area contributed by atoms with Crippen LogP contribution >= 0.6 is 0 Å². The first-order valence-electron chi connectivity index (χ1n) is 8.91. The summed E-state index contributed by atoms with van der Waals surface area (Å²) in [5, 5.41) is 0. The molecule has 0 amide bonds. The first-order chi connectivity index (χ1) is 12.2. The van der Waals surface area contributed by atoms with Crippen LogP contribution in [0.15, 0.2) is 12.1 Å². The van der Waals surface area contributed by atoms with Crippen LogP contribution in [0.25, 0.3) is 0 Å². The lowest BCUT2D eigenvalue weighted by molar-refractivity contribution is -0.140. The number of ketones is 1. The van der Waals surface area contributed by atoms with Crippen molar-refractivity contribution >= 4 is 5.78 Å². The van der Waals surface area contributed by atoms with Gasteiger partial charge in [0.05, 0.1) is 12.7 Å². The largest absolute Gasteiger partial charge is 0.491 e. The van der Waals surface area contributed by atoms with Crippen LogP contribution in [0.2, 0.25) is 0 Å². The van der Waals surface area contributed by atoms with Crippen LogP contribution in [0, 0.1) is 11.7 Å². The van der Waals surface area contributed by atoms with Gasteiger partial charge in [0.15, 0.2) is 17.3 Å². The van der Waals surface area contributed by atoms with Gasteiger partial charge in [-0.15, -0.1) is 0 Å². The molecule has 2 rings (SSSR count). The van der Waals surface area contributed by atoms with Gasteiger partial charge in [0.25, 0.3) is 0 Å². The summed E-state index contributed by atoms with van der Waals surface area (Å²) >= 11 is 0. The summed E-state index contributed by atoms with van der Waals surface area (Å²) in [5.74, 6) is -2.24. The van der Waals surface area contributed by atoms with Gasteiger partial charge in [-0.05, 0) is 50.7 Å². The second kappa shape index (κ2) is 8.84. The molecule has 1 aliphatic rings. The molecule has 1 aliphatic heterocycles. The Hall–Kier alpha value is -1.63. The minimum absolute atomic E-state index is 0.0293. The van der Waals surface area contributed by atoms with Crippen LogP contribution in [0.5, 0.6) is 5.75 Å². The van der Waals surface area contributed by atoms with E-state index in [-0.39, 0.29) is 19.1 Å². The van der Waals surface area contributed by atoms with Gasteiger partial charge in [0.2, 0.25) is 0 Å². The summed E-state index contributed by atoms with van der Waals surface area (Å²) in [5.41, 5.74) is -2.19. The minimum Gasteiger partial charge on any atom is -0.491 e. The first kappa shape index (κ1) is 20.7. The fourth-order valence-electron chi connectivity index (χ4n) is 3.12. The van der Waals surface area contributed by atoms with E-state index in [4.69, 9.17) is 9.47 Å². The van der Waals surface area contributed by atoms with Crippen molar-refractivity contribution < 1.29 is 31.8 Å². The van der Waals surface area contributed by atoms with E-state index in [0.29, 0.717) is 25.4 Å². The Morgan fingerprint density at radius 1 is 1.31 bits per heavy atom. The zero-order valence-corrected chi connectivity index (χ0v) is 15.0. The van der Waals surface area contributed by atoms with Crippen LogP contribution in [-0.4, -0.2) is 25.1 Å². The summed E-state index contributed by atoms with van der Waals surface area (Å²) in [6, 6.07) is 2.07. The molecule has 3 nitrogen and oxygen atoms in total. The molecule has 1 heterocycles. The van der Waals surface area contributed by atoms with E-state index in [9.17, 15) is 22.4 Å². The predicted octanol–water partition coefficient (Wildman–Crippen LogP) is 5.41. The van der Waals surface area contributed by atoms with Crippen LogP contribution in [0.4, 0.5) is 17.6 Å². The summed E-state index contributed by atoms with van der Waals surface area (Å²) in [4.78, 5) is 12.3. The highest BCUT2D eigenvalue weighted by atomic mass is 19.4. The fraction of sp³-hybridized carbons (Fsp3) is 0.632. The summed E-state index contributed by atoms with van der Waals surface area (Å²) < 4.78 is 64.5. The third kappa shape index (κ3) is 5.19. The molecule has 0 aliphatic carbocycles. The van der Waals surface area contributed by atoms with E-state index in [1.807, 2.05) is 0 Å². The molecular weight excluding hydrogens is 352 g/mol. The molecule has 0 radical (unpaired) electrons. The van der Waals surface area contributed by atoms with Crippen LogP contribution in [0.3, 0.4) is 0 Å². The van der Waals surface area contributed by atoms with Gasteiger partial charge in [0, 0.05) is 18.6 Å². The van der Waals surface area contributed by atoms with E-state index < -0.39 is 34.7 Å². The topological polar surface area (TPSA) is 35.5 Å². The molecule has 1 aromatic rings. The maximum absolute atomic E-state index is 14.2. The molecule has 1 saturated heterocycles. The number of halogens is 4. The van der Waals surface area contributed by atoms with E-state index in [2.05, 4.69) is 6.92 Å². The Morgan fingerprint density at radius 2 is 2.04 bits per heavy atom. The van der Waals surface area contributed by atoms with Crippen molar-refractivity contribution in [1.82, 2.24) is 0 Å². The van der Waals surface area contributed by atoms with Gasteiger partial charge in [0.1, 0.15) is 5.56 Å². The fourth-order valence-corrected chi connectivity index (χ4v) is 3.12. The number of alkyl halides is 3. The average molecular weight is 376 g/mol. The molecule has 2 unspecified atom stereocenters. The van der Waals surface area contributed by atoms with E-state index in [1.165, 1.54) is 0 Å². The quantitative estimate of drug-likeness (QED) is 0.471. The maximum Gasteiger partial charge on any atom is 0.420 e. The predicted molar refractivity (Wildman–Crippen MR) is 88.9 cm³/mol. The molecule has 7 heteroatoms. The van der Waals surface area contributed by atoms with Crippen molar-refractivity contribution in [1.29, 1.82) is 0 Å². The third-order valence-electron chi connectivity index (χ3n) is 4.52. The monoisotopic (exact) mass is 376 g/mol. The van der Waals surface area contributed by atoms with Gasteiger partial charge in [-0.2, -0.15) is 13.2 Å². The molecule has 0 aromatic heterocycles. The molecule has 0 N–H and O–H groups in total. The number of ether oxygens (including phenoxy) is 2. The molecule has 0 bridgehead atoms. The van der Waals surface area contributed by atoms with Gasteiger partial charge in [-0.25, -0.2) is 4.39 Å². The first-order valence-corrected chi connectivity index (χ1v) is 8.91. The minimum atomic E-state index is -4.97. The zero-order valence-electron chi connectivity index (χ0n) is 15.0. The lowest BCUT2D eigenvalue weighted by Crippen LogP contribution is -2.24. The van der Waals surface area contributed by atoms with Gasteiger partial charge >= 0.3 is 6.18 Å². The van der Waals surface area contributed by atoms with Crippen molar-refractivity contribution in [2.75, 3.05) is 13.2 Å². The highest BCUT2D eigenvalue weighted by Crippen LogP contribution is 2.38. The highest BCUT2D eigenvalue weighted by Gasteiger charge is 2.40. The van der Waals surface area contributed by atoms with Crippen molar-refractivity contribution in [2.24, 2.45) is 5.92 Å². The Labute approximate surface area is 150 Å². The maximum atomic E-state index is 14.2. The second-order valence-corrected chi connectivity index (χ2v) is 6.68. The number of hydrogen-bond donors (Lipinski definition) is 0. The van der Waals surface area contributed by atoms with E-state index >= 15 is 0 Å². The van der Waals surface area contributed by atoms with Crippen molar-refractivity contribution in [3.8, 4) is 5.75 Å². The molecular formula is C19H24F4O3. The Balaban J connectivity index is 2.06. The zero-order chi connectivity index (χ0) is 19.3. The SMILES string of the molecule is CCOc1ccc(C(=O)CCCC2CCC(C)CO2)c(C(F)(F)F)c1F. The lowest BCUT2D eigenvalue weighted by atomic mass is 9.95. The number of rotatable bonds is 7. The van der Waals surface area contributed by atoms with Crippen LogP contribution < -0.4 is 4.74 Å². The number of benzene rings is 1. The molecule has 146 valence electrons. The summed E-state index contributed by atoms with van der Waals surface area (Å²) in [6.07, 6.45) is -2.06. The smallest absolute Gasteiger partial charge is 0.420 e. The van der Waals surface area contributed by atoms with Crippen molar-refractivity contribution in [3.63, 3.8) is 0 Å². The van der Waals surface area contributed by atoms with Crippen LogP contribution in [-0.2, 0) is 10.9 Å². The second-order valence-electron chi connectivity index (χ2n) is 6.68. The van der Waals surface area contributed by atoms with Crippen molar-refractivity contribution in [2.45, 2.75) is 58.2 Å². The normalized spacial score (nSPS) is 20.8. The molecule has 1 fully saturated rings. The number of hydrogen-bond acceptors (Lipinski definition) is 3. The van der Waals surface area contributed by atoms with Crippen molar-refractivity contribution in [3.05, 3.63) is 29.1 Å². The molecule has 0 spiro atoms. The molecule has 26 heavy (non-hydrogen) atoms. The molecule has 0 saturated carbocycles. The van der Waals surface area contributed by atoms with E-state index in [0.717, 1.165) is 25.0 Å². The molecule has 2 atom stereocenters. The lowest BCUT2D eigenvalue weighted by Gasteiger charge is -2.26. The van der Waals surface area contributed by atoms with Gasteiger partial charge in [-0.1, -0.05) is 6.92 Å². The Morgan fingerprint density at radius 3 is 2.62 bits per heavy atom. The summed E-state index contributed by atoms with van der Waals surface area (Å²) in [7, 11) is 0.